The van der Waals surface area contributed by atoms with E-state index in [1.54, 1.807) is 24.3 Å². The highest BCUT2D eigenvalue weighted by atomic mass is 16.4. The monoisotopic (exact) mass is 364 g/mol. The average molecular weight is 364 g/mol. The first-order chi connectivity index (χ1) is 12.2. The number of carbonyl (C=O) groups is 4. The Bertz CT molecular complexity index is 648. The van der Waals surface area contributed by atoms with E-state index in [1.165, 1.54) is 13.8 Å². The summed E-state index contributed by atoms with van der Waals surface area (Å²) in [4.78, 5) is 46.7. The quantitative estimate of drug-likeness (QED) is 0.370. The average Bonchev–Trinajstić information content (AvgIpc) is 2.59. The zero-order valence-corrected chi connectivity index (χ0v) is 14.7. The van der Waals surface area contributed by atoms with Crippen LogP contribution in [0.2, 0.25) is 0 Å². The summed E-state index contributed by atoms with van der Waals surface area (Å²) in [6, 6.07) is 6.29. The molecule has 1 rings (SSSR count). The third-order valence-electron chi connectivity index (χ3n) is 3.50. The van der Waals surface area contributed by atoms with Gasteiger partial charge in [-0.3, -0.25) is 19.2 Å². The molecular weight excluding hydrogens is 340 g/mol. The van der Waals surface area contributed by atoms with Crippen LogP contribution in [0, 0.1) is 0 Å². The van der Waals surface area contributed by atoms with Crippen molar-refractivity contribution in [3.05, 3.63) is 35.9 Å². The van der Waals surface area contributed by atoms with Gasteiger partial charge in [0.1, 0.15) is 18.6 Å². The topological polar surface area (TPSA) is 151 Å². The zero-order valence-electron chi connectivity index (χ0n) is 14.7. The van der Waals surface area contributed by atoms with Crippen molar-refractivity contribution in [3.8, 4) is 0 Å². The van der Waals surface area contributed by atoms with Gasteiger partial charge >= 0.3 is 5.97 Å². The van der Waals surface area contributed by atoms with Crippen molar-refractivity contribution in [3.63, 3.8) is 0 Å². The fourth-order valence-corrected chi connectivity index (χ4v) is 2.05. The summed E-state index contributed by atoms with van der Waals surface area (Å²) in [7, 11) is 0. The second-order valence-electron chi connectivity index (χ2n) is 5.88. The van der Waals surface area contributed by atoms with E-state index in [0.29, 0.717) is 0 Å². The number of hydrogen-bond donors (Lipinski definition) is 5. The van der Waals surface area contributed by atoms with Crippen LogP contribution in [-0.4, -0.2) is 53.5 Å². The number of nitrogens with one attached hydrogen (secondary N) is 3. The van der Waals surface area contributed by atoms with E-state index in [1.807, 2.05) is 6.07 Å². The molecule has 26 heavy (non-hydrogen) atoms. The van der Waals surface area contributed by atoms with Gasteiger partial charge in [0.25, 0.3) is 0 Å². The van der Waals surface area contributed by atoms with Gasteiger partial charge in [0.15, 0.2) is 0 Å². The SMILES string of the molecule is CC(N)C(=O)NC(C)C(=O)NC(Cc1ccccc1)C(=O)NCC(=O)O. The summed E-state index contributed by atoms with van der Waals surface area (Å²) in [6.45, 7) is 2.39. The summed E-state index contributed by atoms with van der Waals surface area (Å²) in [5.41, 5.74) is 6.23. The number of nitrogens with two attached hydrogens (primary N) is 1. The van der Waals surface area contributed by atoms with E-state index in [-0.39, 0.29) is 6.42 Å². The van der Waals surface area contributed by atoms with Gasteiger partial charge in [-0.25, -0.2) is 0 Å². The molecule has 0 bridgehead atoms. The second-order valence-corrected chi connectivity index (χ2v) is 5.88. The Morgan fingerprint density at radius 1 is 1.00 bits per heavy atom. The number of carboxylic acids is 1. The van der Waals surface area contributed by atoms with Crippen LogP contribution in [0.3, 0.4) is 0 Å². The molecule has 0 radical (unpaired) electrons. The van der Waals surface area contributed by atoms with Crippen LogP contribution in [0.15, 0.2) is 30.3 Å². The Hall–Kier alpha value is -2.94. The van der Waals surface area contributed by atoms with Crippen LogP contribution in [0.1, 0.15) is 19.4 Å². The molecule has 0 aliphatic carbocycles. The molecule has 0 fully saturated rings. The first-order valence-corrected chi connectivity index (χ1v) is 8.10. The van der Waals surface area contributed by atoms with Crippen LogP contribution < -0.4 is 21.7 Å². The number of aliphatic carboxylic acids is 1. The third-order valence-corrected chi connectivity index (χ3v) is 3.50. The Labute approximate surface area is 151 Å². The van der Waals surface area contributed by atoms with E-state index in [0.717, 1.165) is 5.56 Å². The van der Waals surface area contributed by atoms with Gasteiger partial charge in [-0.1, -0.05) is 30.3 Å². The maximum absolute atomic E-state index is 12.3. The van der Waals surface area contributed by atoms with Crippen molar-refractivity contribution in [1.82, 2.24) is 16.0 Å². The lowest BCUT2D eigenvalue weighted by Crippen LogP contribution is -2.55. The van der Waals surface area contributed by atoms with Gasteiger partial charge < -0.3 is 26.8 Å². The van der Waals surface area contributed by atoms with Crippen molar-refractivity contribution in [2.24, 2.45) is 5.73 Å². The van der Waals surface area contributed by atoms with E-state index in [9.17, 15) is 19.2 Å². The van der Waals surface area contributed by atoms with Crippen LogP contribution in [0.25, 0.3) is 0 Å². The molecule has 0 heterocycles. The van der Waals surface area contributed by atoms with Gasteiger partial charge in [0.05, 0.1) is 6.04 Å². The number of benzene rings is 1. The first kappa shape index (κ1) is 21.1. The van der Waals surface area contributed by atoms with Crippen LogP contribution in [0.4, 0.5) is 0 Å². The van der Waals surface area contributed by atoms with E-state index in [2.05, 4.69) is 16.0 Å². The molecule has 3 atom stereocenters. The van der Waals surface area contributed by atoms with Crippen LogP contribution in [-0.2, 0) is 25.6 Å². The minimum atomic E-state index is -1.19. The molecule has 9 nitrogen and oxygen atoms in total. The van der Waals surface area contributed by atoms with Crippen molar-refractivity contribution in [1.29, 1.82) is 0 Å². The molecule has 142 valence electrons. The minimum absolute atomic E-state index is 0.173. The summed E-state index contributed by atoms with van der Waals surface area (Å²) in [5.74, 6) is -2.90. The van der Waals surface area contributed by atoms with Crippen molar-refractivity contribution in [2.75, 3.05) is 6.54 Å². The Kier molecular flexibility index (Phi) is 8.23. The fourth-order valence-electron chi connectivity index (χ4n) is 2.05. The molecule has 0 saturated carbocycles. The van der Waals surface area contributed by atoms with E-state index in [4.69, 9.17) is 10.8 Å². The van der Waals surface area contributed by atoms with Crippen LogP contribution >= 0.6 is 0 Å². The number of carbonyl (C=O) groups excluding carboxylic acids is 3. The summed E-state index contributed by atoms with van der Waals surface area (Å²) in [6.07, 6.45) is 0.173. The number of carboxylic acid groups (broad SMARTS) is 1. The molecule has 6 N–H and O–H groups in total. The first-order valence-electron chi connectivity index (χ1n) is 8.10. The molecule has 1 aromatic carbocycles. The predicted octanol–water partition coefficient (Wildman–Crippen LogP) is -1.23. The summed E-state index contributed by atoms with van der Waals surface area (Å²) >= 11 is 0. The largest absolute Gasteiger partial charge is 0.480 e. The Morgan fingerprint density at radius 2 is 1.62 bits per heavy atom. The van der Waals surface area contributed by atoms with Gasteiger partial charge in [-0.05, 0) is 19.4 Å². The maximum atomic E-state index is 12.3. The number of hydrogen-bond acceptors (Lipinski definition) is 5. The fraction of sp³-hybridized carbons (Fsp3) is 0.412. The van der Waals surface area contributed by atoms with Gasteiger partial charge in [0.2, 0.25) is 17.7 Å². The van der Waals surface area contributed by atoms with Gasteiger partial charge in [-0.2, -0.15) is 0 Å². The van der Waals surface area contributed by atoms with Crippen molar-refractivity contribution >= 4 is 23.7 Å². The smallest absolute Gasteiger partial charge is 0.322 e. The molecule has 1 aromatic rings. The lowest BCUT2D eigenvalue weighted by Gasteiger charge is -2.21. The molecule has 3 unspecified atom stereocenters. The molecule has 0 aromatic heterocycles. The van der Waals surface area contributed by atoms with Crippen molar-refractivity contribution < 1.29 is 24.3 Å². The van der Waals surface area contributed by atoms with Crippen molar-refractivity contribution in [2.45, 2.75) is 38.4 Å². The Balaban J connectivity index is 2.79. The molecule has 0 spiro atoms. The minimum Gasteiger partial charge on any atom is -0.480 e. The predicted molar refractivity (Wildman–Crippen MR) is 94.0 cm³/mol. The third kappa shape index (κ3) is 7.31. The van der Waals surface area contributed by atoms with Gasteiger partial charge in [0, 0.05) is 6.42 Å². The number of rotatable bonds is 9. The van der Waals surface area contributed by atoms with Gasteiger partial charge in [-0.15, -0.1) is 0 Å². The maximum Gasteiger partial charge on any atom is 0.322 e. The lowest BCUT2D eigenvalue weighted by molar-refractivity contribution is -0.138. The van der Waals surface area contributed by atoms with E-state index < -0.39 is 48.4 Å². The standard InChI is InChI=1S/C17H24N4O5/c1-10(18)15(24)20-11(2)16(25)21-13(17(26)19-9-14(22)23)8-12-6-4-3-5-7-12/h3-7,10-11,13H,8-9,18H2,1-2H3,(H,19,26)(H,20,24)(H,21,25)(H,22,23). The second kappa shape index (κ2) is 10.1. The normalized spacial score (nSPS) is 13.8. The highest BCUT2D eigenvalue weighted by Gasteiger charge is 2.25. The highest BCUT2D eigenvalue weighted by Crippen LogP contribution is 2.04. The molecule has 0 aliphatic heterocycles. The summed E-state index contributed by atoms with van der Waals surface area (Å²) < 4.78 is 0. The molecule has 3 amide bonds. The zero-order chi connectivity index (χ0) is 19.7. The molecule has 0 saturated heterocycles. The summed E-state index contributed by atoms with van der Waals surface area (Å²) in [5, 5.41) is 15.9. The highest BCUT2D eigenvalue weighted by molar-refractivity contribution is 5.93. The van der Waals surface area contributed by atoms with Crippen LogP contribution in [0.5, 0.6) is 0 Å². The van der Waals surface area contributed by atoms with E-state index >= 15 is 0 Å². The lowest BCUT2D eigenvalue weighted by atomic mass is 10.0. The molecular formula is C17H24N4O5. The number of amides is 3. The Morgan fingerprint density at radius 3 is 2.15 bits per heavy atom. The molecule has 9 heteroatoms. The molecule has 0 aliphatic rings.